The molecule has 0 spiro atoms. The van der Waals surface area contributed by atoms with Crippen LogP contribution in [0.25, 0.3) is 0 Å². The van der Waals surface area contributed by atoms with Crippen molar-refractivity contribution in [1.29, 1.82) is 0 Å². The van der Waals surface area contributed by atoms with Crippen molar-refractivity contribution in [2.24, 2.45) is 0 Å². The van der Waals surface area contributed by atoms with Gasteiger partial charge in [0.2, 0.25) is 0 Å². The first kappa shape index (κ1) is 7.94. The number of rotatable bonds is 2. The van der Waals surface area contributed by atoms with E-state index in [4.69, 9.17) is 5.11 Å². The van der Waals surface area contributed by atoms with Gasteiger partial charge in [0.15, 0.2) is 0 Å². The summed E-state index contributed by atoms with van der Waals surface area (Å²) >= 11 is 3.80. The summed E-state index contributed by atoms with van der Waals surface area (Å²) in [6.45, 7) is 0. The number of hydrogen-bond donors (Lipinski definition) is 3. The summed E-state index contributed by atoms with van der Waals surface area (Å²) < 4.78 is 2.59. The molecule has 0 fully saturated rings. The second kappa shape index (κ2) is 3.30. The second-order valence-corrected chi connectivity index (χ2v) is 2.22. The lowest BCUT2D eigenvalue weighted by Crippen LogP contribution is -1.95. The first-order chi connectivity index (χ1) is 5.24. The van der Waals surface area contributed by atoms with Gasteiger partial charge in [-0.1, -0.05) is 12.8 Å². The fourth-order valence-electron chi connectivity index (χ4n) is 0.687. The van der Waals surface area contributed by atoms with Crippen molar-refractivity contribution in [3.8, 4) is 0 Å². The Morgan fingerprint density at radius 3 is 2.27 bits per heavy atom. The number of thiol groups is 1. The summed E-state index contributed by atoms with van der Waals surface area (Å²) in [6.07, 6.45) is 0. The standard InChI is InChI=1S/C7H7NO2S/c9-7(10)5-1-3-6(8-11)4-2-5/h1-4,8,11H,(H,9,10). The average Bonchev–Trinajstić information content (AvgIpc) is 2.05. The van der Waals surface area contributed by atoms with E-state index in [0.29, 0.717) is 0 Å². The monoisotopic (exact) mass is 169 g/mol. The largest absolute Gasteiger partial charge is 0.478 e. The lowest BCUT2D eigenvalue weighted by Gasteiger charge is -1.97. The molecule has 0 bridgehead atoms. The maximum atomic E-state index is 10.4. The van der Waals surface area contributed by atoms with Crippen LogP contribution in [0.4, 0.5) is 5.69 Å². The van der Waals surface area contributed by atoms with Crippen molar-refractivity contribution in [3.63, 3.8) is 0 Å². The molecule has 11 heavy (non-hydrogen) atoms. The number of aromatic carboxylic acids is 1. The van der Waals surface area contributed by atoms with Crippen LogP contribution in [0, 0.1) is 0 Å². The topological polar surface area (TPSA) is 49.3 Å². The minimum absolute atomic E-state index is 0.275. The van der Waals surface area contributed by atoms with Crippen LogP contribution in [-0.2, 0) is 0 Å². The maximum absolute atomic E-state index is 10.4. The summed E-state index contributed by atoms with van der Waals surface area (Å²) in [5, 5.41) is 8.51. The van der Waals surface area contributed by atoms with Crippen molar-refractivity contribution >= 4 is 24.5 Å². The third-order valence-corrected chi connectivity index (χ3v) is 1.52. The molecule has 0 saturated heterocycles. The van der Waals surface area contributed by atoms with E-state index in [1.165, 1.54) is 12.1 Å². The van der Waals surface area contributed by atoms with Gasteiger partial charge in [0, 0.05) is 5.69 Å². The van der Waals surface area contributed by atoms with Gasteiger partial charge >= 0.3 is 5.97 Å². The number of carboxylic acid groups (broad SMARTS) is 1. The number of carboxylic acids is 1. The Morgan fingerprint density at radius 2 is 1.91 bits per heavy atom. The van der Waals surface area contributed by atoms with Crippen molar-refractivity contribution in [3.05, 3.63) is 29.8 Å². The zero-order valence-corrected chi connectivity index (χ0v) is 6.51. The van der Waals surface area contributed by atoms with E-state index >= 15 is 0 Å². The van der Waals surface area contributed by atoms with Crippen molar-refractivity contribution in [2.75, 3.05) is 4.72 Å². The molecule has 58 valence electrons. The van der Waals surface area contributed by atoms with Crippen LogP contribution >= 0.6 is 12.8 Å². The number of anilines is 1. The highest BCUT2D eigenvalue weighted by Gasteiger charge is 1.99. The van der Waals surface area contributed by atoms with E-state index in [9.17, 15) is 4.79 Å². The van der Waals surface area contributed by atoms with Crippen LogP contribution in [0.15, 0.2) is 24.3 Å². The van der Waals surface area contributed by atoms with E-state index in [-0.39, 0.29) is 5.56 Å². The van der Waals surface area contributed by atoms with Crippen molar-refractivity contribution < 1.29 is 9.90 Å². The molecule has 0 atom stereocenters. The van der Waals surface area contributed by atoms with E-state index < -0.39 is 5.97 Å². The Labute approximate surface area is 69.6 Å². The molecule has 4 heteroatoms. The van der Waals surface area contributed by atoms with E-state index in [2.05, 4.69) is 17.5 Å². The predicted octanol–water partition coefficient (Wildman–Crippen LogP) is 1.64. The van der Waals surface area contributed by atoms with E-state index in [0.717, 1.165) is 5.69 Å². The first-order valence-electron chi connectivity index (χ1n) is 2.97. The molecule has 1 rings (SSSR count). The van der Waals surface area contributed by atoms with Crippen molar-refractivity contribution in [1.82, 2.24) is 0 Å². The average molecular weight is 169 g/mol. The number of hydrogen-bond acceptors (Lipinski definition) is 3. The van der Waals surface area contributed by atoms with E-state index in [1.54, 1.807) is 12.1 Å². The second-order valence-electron chi connectivity index (χ2n) is 1.99. The molecule has 0 amide bonds. The highest BCUT2D eigenvalue weighted by molar-refractivity contribution is 7.81. The Balaban J connectivity index is 2.91. The number of carbonyl (C=O) groups is 1. The minimum Gasteiger partial charge on any atom is -0.478 e. The molecule has 0 aliphatic rings. The van der Waals surface area contributed by atoms with Crippen LogP contribution in [0.5, 0.6) is 0 Å². The molecule has 0 aliphatic heterocycles. The van der Waals surface area contributed by atoms with Gasteiger partial charge in [-0.2, -0.15) is 0 Å². The van der Waals surface area contributed by atoms with E-state index in [1.807, 2.05) is 0 Å². The van der Waals surface area contributed by atoms with Crippen molar-refractivity contribution in [2.45, 2.75) is 0 Å². The molecular formula is C7H7NO2S. The Bertz CT molecular complexity index is 258. The third kappa shape index (κ3) is 1.88. The molecule has 3 nitrogen and oxygen atoms in total. The molecule has 0 radical (unpaired) electrons. The first-order valence-corrected chi connectivity index (χ1v) is 3.42. The minimum atomic E-state index is -0.921. The smallest absolute Gasteiger partial charge is 0.335 e. The molecule has 0 saturated carbocycles. The third-order valence-electron chi connectivity index (χ3n) is 1.26. The highest BCUT2D eigenvalue weighted by atomic mass is 32.1. The molecular weight excluding hydrogens is 162 g/mol. The van der Waals surface area contributed by atoms with Crippen LogP contribution in [0.3, 0.4) is 0 Å². The van der Waals surface area contributed by atoms with Crippen LogP contribution in [0.1, 0.15) is 10.4 Å². The molecule has 1 aromatic carbocycles. The molecule has 0 aliphatic carbocycles. The lowest BCUT2D eigenvalue weighted by atomic mass is 10.2. The summed E-state index contributed by atoms with van der Waals surface area (Å²) in [5.41, 5.74) is 1.05. The van der Waals surface area contributed by atoms with Gasteiger partial charge in [0.25, 0.3) is 0 Å². The Morgan fingerprint density at radius 1 is 1.36 bits per heavy atom. The summed E-state index contributed by atoms with van der Waals surface area (Å²) in [6, 6.07) is 6.33. The quantitative estimate of drug-likeness (QED) is 0.590. The number of benzene rings is 1. The molecule has 1 aromatic rings. The van der Waals surface area contributed by atoms with Gasteiger partial charge in [-0.15, -0.1) is 0 Å². The fourth-order valence-corrected chi connectivity index (χ4v) is 0.836. The molecule has 0 heterocycles. The van der Waals surface area contributed by atoms with Crippen LogP contribution in [-0.4, -0.2) is 11.1 Å². The zero-order chi connectivity index (χ0) is 8.27. The van der Waals surface area contributed by atoms with Gasteiger partial charge in [0.05, 0.1) is 5.56 Å². The van der Waals surface area contributed by atoms with Gasteiger partial charge in [-0.25, -0.2) is 4.79 Å². The molecule has 0 unspecified atom stereocenters. The Kier molecular flexibility index (Phi) is 2.38. The fraction of sp³-hybridized carbons (Fsp3) is 0. The summed E-state index contributed by atoms with van der Waals surface area (Å²) in [5.74, 6) is -0.921. The van der Waals surface area contributed by atoms with Gasteiger partial charge in [0.1, 0.15) is 0 Å². The van der Waals surface area contributed by atoms with Gasteiger partial charge in [-0.05, 0) is 24.3 Å². The normalized spacial score (nSPS) is 9.18. The molecule has 0 aromatic heterocycles. The SMILES string of the molecule is O=C(O)c1ccc(NS)cc1. The Hall–Kier alpha value is -1.16. The highest BCUT2D eigenvalue weighted by Crippen LogP contribution is 2.09. The van der Waals surface area contributed by atoms with Gasteiger partial charge in [-0.3, -0.25) is 0 Å². The van der Waals surface area contributed by atoms with Gasteiger partial charge < -0.3 is 9.83 Å². The number of nitrogens with one attached hydrogen (secondary N) is 1. The summed E-state index contributed by atoms with van der Waals surface area (Å²) in [4.78, 5) is 10.4. The van der Waals surface area contributed by atoms with Crippen LogP contribution < -0.4 is 4.72 Å². The zero-order valence-electron chi connectivity index (χ0n) is 5.61. The maximum Gasteiger partial charge on any atom is 0.335 e. The lowest BCUT2D eigenvalue weighted by molar-refractivity contribution is 0.0697. The molecule has 2 N–H and O–H groups in total. The predicted molar refractivity (Wildman–Crippen MR) is 46.0 cm³/mol. The summed E-state index contributed by atoms with van der Waals surface area (Å²) in [7, 11) is 0. The van der Waals surface area contributed by atoms with Crippen LogP contribution in [0.2, 0.25) is 0 Å².